The molecule has 0 radical (unpaired) electrons. The molecule has 2 heterocycles. The second-order valence-electron chi connectivity index (χ2n) is 7.45. The summed E-state index contributed by atoms with van der Waals surface area (Å²) in [5, 5.41) is 12.5. The van der Waals surface area contributed by atoms with Gasteiger partial charge in [-0.15, -0.1) is 10.2 Å². The summed E-state index contributed by atoms with van der Waals surface area (Å²) in [4.78, 5) is 12.6. The van der Waals surface area contributed by atoms with Gasteiger partial charge in [0.05, 0.1) is 17.0 Å². The lowest BCUT2D eigenvalue weighted by Gasteiger charge is -2.27. The zero-order chi connectivity index (χ0) is 21.3. The number of aryl methyl sites for hydroxylation is 1. The van der Waals surface area contributed by atoms with Crippen LogP contribution in [0.2, 0.25) is 5.02 Å². The van der Waals surface area contributed by atoms with Crippen LogP contribution < -0.4 is 14.8 Å². The Morgan fingerprint density at radius 1 is 1.23 bits per heavy atom. The number of thioether (sulfide) groups is 1. The number of fused-ring (bicyclic) bond motifs is 1. The summed E-state index contributed by atoms with van der Waals surface area (Å²) >= 11 is 7.55. The van der Waals surface area contributed by atoms with Crippen molar-refractivity contribution in [2.45, 2.75) is 31.5 Å². The summed E-state index contributed by atoms with van der Waals surface area (Å²) in [5.41, 5.74) is 2.20. The second-order valence-corrected chi connectivity index (χ2v) is 8.80. The van der Waals surface area contributed by atoms with E-state index in [4.69, 9.17) is 21.1 Å². The molecule has 2 aromatic carbocycles. The van der Waals surface area contributed by atoms with Gasteiger partial charge in [0.1, 0.15) is 6.33 Å². The van der Waals surface area contributed by atoms with Gasteiger partial charge in [-0.25, -0.2) is 0 Å². The van der Waals surface area contributed by atoms with E-state index >= 15 is 0 Å². The maximum atomic E-state index is 12.6. The number of carbonyl (C=O) groups is 1. The average Bonchev–Trinajstić information content (AvgIpc) is 3.36. The van der Waals surface area contributed by atoms with Gasteiger partial charge in [0.25, 0.3) is 0 Å². The Kier molecular flexibility index (Phi) is 5.62. The number of halogens is 1. The molecule has 1 amide bonds. The zero-order valence-electron chi connectivity index (χ0n) is 16.8. The van der Waals surface area contributed by atoms with Crippen molar-refractivity contribution in [1.29, 1.82) is 0 Å². The lowest BCUT2D eigenvalue weighted by atomic mass is 9.94. The number of hydrogen-bond donors (Lipinski definition) is 1. The van der Waals surface area contributed by atoms with Gasteiger partial charge in [-0.3, -0.25) is 9.36 Å². The summed E-state index contributed by atoms with van der Waals surface area (Å²) in [6.07, 6.45) is 1.61. The summed E-state index contributed by atoms with van der Waals surface area (Å²) in [6, 6.07) is 11.4. The minimum atomic E-state index is -0.573. The number of ether oxygens (including phenoxy) is 2. The molecule has 7 nitrogen and oxygen atoms in total. The molecule has 0 aliphatic carbocycles. The molecule has 1 aromatic heterocycles. The van der Waals surface area contributed by atoms with Gasteiger partial charge in [-0.1, -0.05) is 35.5 Å². The van der Waals surface area contributed by atoms with Crippen molar-refractivity contribution in [3.05, 3.63) is 58.9 Å². The topological polar surface area (TPSA) is 78.3 Å². The van der Waals surface area contributed by atoms with E-state index in [1.54, 1.807) is 6.33 Å². The average molecular weight is 445 g/mol. The molecule has 9 heteroatoms. The van der Waals surface area contributed by atoms with Crippen LogP contribution in [0.5, 0.6) is 11.5 Å². The standard InChI is InChI=1S/C21H21ClN4O3S/c1-13-4-6-15(9-16(13)22)26-11-23-25-20(26)30-10-19(27)24-21(2,3)14-5-7-17-18(8-14)29-12-28-17/h4-9,11H,10,12H2,1-3H3,(H,24,27). The quantitative estimate of drug-likeness (QED) is 0.576. The van der Waals surface area contributed by atoms with E-state index in [9.17, 15) is 4.79 Å². The Bertz CT molecular complexity index is 1100. The van der Waals surface area contributed by atoms with E-state index in [-0.39, 0.29) is 18.5 Å². The number of nitrogens with zero attached hydrogens (tertiary/aromatic N) is 3. The predicted molar refractivity (Wildman–Crippen MR) is 116 cm³/mol. The first-order valence-corrected chi connectivity index (χ1v) is 10.7. The fraction of sp³-hybridized carbons (Fsp3) is 0.286. The maximum Gasteiger partial charge on any atom is 0.231 e. The molecule has 0 saturated carbocycles. The van der Waals surface area contributed by atoms with Gasteiger partial charge in [-0.2, -0.15) is 0 Å². The van der Waals surface area contributed by atoms with Crippen molar-refractivity contribution in [1.82, 2.24) is 20.1 Å². The van der Waals surface area contributed by atoms with Gasteiger partial charge >= 0.3 is 0 Å². The second kappa shape index (κ2) is 8.20. The van der Waals surface area contributed by atoms with E-state index in [0.29, 0.717) is 21.7 Å². The number of carbonyl (C=O) groups excluding carboxylic acids is 1. The van der Waals surface area contributed by atoms with Gasteiger partial charge in [0.2, 0.25) is 12.7 Å². The number of nitrogens with one attached hydrogen (secondary N) is 1. The highest BCUT2D eigenvalue weighted by molar-refractivity contribution is 7.99. The van der Waals surface area contributed by atoms with Gasteiger partial charge < -0.3 is 14.8 Å². The lowest BCUT2D eigenvalue weighted by Crippen LogP contribution is -2.41. The summed E-state index contributed by atoms with van der Waals surface area (Å²) in [5.74, 6) is 1.49. The van der Waals surface area contributed by atoms with Crippen molar-refractivity contribution >= 4 is 29.3 Å². The molecule has 0 spiro atoms. The van der Waals surface area contributed by atoms with E-state index in [2.05, 4.69) is 15.5 Å². The smallest absolute Gasteiger partial charge is 0.231 e. The molecule has 0 fully saturated rings. The first kappa shape index (κ1) is 20.6. The molecular formula is C21H21ClN4O3S. The van der Waals surface area contributed by atoms with Gasteiger partial charge in [-0.05, 0) is 56.2 Å². The first-order chi connectivity index (χ1) is 14.3. The van der Waals surface area contributed by atoms with Crippen LogP contribution >= 0.6 is 23.4 Å². The molecule has 0 atom stereocenters. The SMILES string of the molecule is Cc1ccc(-n2cnnc2SCC(=O)NC(C)(C)c2ccc3c(c2)OCO3)cc1Cl. The minimum Gasteiger partial charge on any atom is -0.454 e. The molecule has 0 bridgehead atoms. The van der Waals surface area contributed by atoms with Crippen LogP contribution in [0.25, 0.3) is 5.69 Å². The van der Waals surface area contributed by atoms with E-state index in [1.807, 2.05) is 61.7 Å². The number of aromatic nitrogens is 3. The summed E-state index contributed by atoms with van der Waals surface area (Å²) < 4.78 is 12.6. The monoisotopic (exact) mass is 444 g/mol. The van der Waals surface area contributed by atoms with Crippen LogP contribution in [0, 0.1) is 6.92 Å². The van der Waals surface area contributed by atoms with Crippen molar-refractivity contribution in [3.63, 3.8) is 0 Å². The van der Waals surface area contributed by atoms with Crippen LogP contribution in [0.15, 0.2) is 47.9 Å². The van der Waals surface area contributed by atoms with E-state index < -0.39 is 5.54 Å². The molecule has 0 unspecified atom stereocenters. The third kappa shape index (κ3) is 4.24. The van der Waals surface area contributed by atoms with Crippen LogP contribution in [0.4, 0.5) is 0 Å². The largest absolute Gasteiger partial charge is 0.454 e. The number of benzene rings is 2. The summed E-state index contributed by atoms with van der Waals surface area (Å²) in [6.45, 7) is 6.06. The third-order valence-electron chi connectivity index (χ3n) is 4.83. The van der Waals surface area contributed by atoms with Crippen LogP contribution in [0.1, 0.15) is 25.0 Å². The first-order valence-electron chi connectivity index (χ1n) is 9.34. The summed E-state index contributed by atoms with van der Waals surface area (Å²) in [7, 11) is 0. The van der Waals surface area contributed by atoms with Crippen molar-refractivity contribution in [2.24, 2.45) is 0 Å². The van der Waals surface area contributed by atoms with Crippen molar-refractivity contribution < 1.29 is 14.3 Å². The Balaban J connectivity index is 1.42. The van der Waals surface area contributed by atoms with Crippen LogP contribution in [0.3, 0.4) is 0 Å². The van der Waals surface area contributed by atoms with E-state index in [1.165, 1.54) is 11.8 Å². The molecule has 1 N–H and O–H groups in total. The Morgan fingerprint density at radius 3 is 2.83 bits per heavy atom. The van der Waals surface area contributed by atoms with Crippen molar-refractivity contribution in [2.75, 3.05) is 12.5 Å². The highest BCUT2D eigenvalue weighted by atomic mass is 35.5. The maximum absolute atomic E-state index is 12.6. The van der Waals surface area contributed by atoms with Gasteiger partial charge in [0, 0.05) is 5.02 Å². The molecule has 1 aliphatic heterocycles. The van der Waals surface area contributed by atoms with Crippen molar-refractivity contribution in [3.8, 4) is 17.2 Å². The molecule has 156 valence electrons. The molecule has 4 rings (SSSR count). The van der Waals surface area contributed by atoms with Gasteiger partial charge in [0.15, 0.2) is 16.7 Å². The molecular weight excluding hydrogens is 424 g/mol. The molecule has 30 heavy (non-hydrogen) atoms. The van der Waals surface area contributed by atoms with E-state index in [0.717, 1.165) is 16.8 Å². The van der Waals surface area contributed by atoms with Crippen LogP contribution in [-0.2, 0) is 10.3 Å². The number of rotatable bonds is 6. The third-order valence-corrected chi connectivity index (χ3v) is 6.18. The molecule has 1 aliphatic rings. The Hall–Kier alpha value is -2.71. The highest BCUT2D eigenvalue weighted by Gasteiger charge is 2.26. The highest BCUT2D eigenvalue weighted by Crippen LogP contribution is 2.35. The molecule has 3 aromatic rings. The Morgan fingerprint density at radius 2 is 2.03 bits per heavy atom. The number of hydrogen-bond acceptors (Lipinski definition) is 6. The lowest BCUT2D eigenvalue weighted by molar-refractivity contribution is -0.120. The molecule has 0 saturated heterocycles. The van der Waals surface area contributed by atoms with Crippen LogP contribution in [-0.4, -0.2) is 33.2 Å². The normalized spacial score (nSPS) is 12.8. The fourth-order valence-electron chi connectivity index (χ4n) is 3.10. The zero-order valence-corrected chi connectivity index (χ0v) is 18.4. The Labute approximate surface area is 183 Å². The predicted octanol–water partition coefficient (Wildman–Crippen LogP) is 4.10. The minimum absolute atomic E-state index is 0.112. The number of amides is 1. The fourth-order valence-corrected chi connectivity index (χ4v) is 4.01.